The van der Waals surface area contributed by atoms with Crippen LogP contribution in [-0.2, 0) is 28.5 Å². The Bertz CT molecular complexity index is 941. The van der Waals surface area contributed by atoms with Gasteiger partial charge in [0.05, 0.1) is 22.2 Å². The average Bonchev–Trinajstić information content (AvgIpc) is 3.01. The number of hydrogen-bond acceptors (Lipinski definition) is 7. The highest BCUT2D eigenvalue weighted by molar-refractivity contribution is 5.89. The number of fused-ring (bicyclic) bond motifs is 1. The zero-order valence-electron chi connectivity index (χ0n) is 20.3. The van der Waals surface area contributed by atoms with Crippen LogP contribution < -0.4 is 0 Å². The molecule has 180 valence electrons. The molecule has 7 atom stereocenters. The van der Waals surface area contributed by atoms with Gasteiger partial charge in [0.2, 0.25) is 0 Å². The molecule has 1 heterocycles. The van der Waals surface area contributed by atoms with Crippen molar-refractivity contribution < 1.29 is 33.3 Å². The summed E-state index contributed by atoms with van der Waals surface area (Å²) in [6.07, 6.45) is -0.0658. The molecule has 0 radical (unpaired) electrons. The van der Waals surface area contributed by atoms with E-state index in [1.807, 2.05) is 26.8 Å². The van der Waals surface area contributed by atoms with E-state index in [4.69, 9.17) is 18.9 Å². The third kappa shape index (κ3) is 3.65. The number of carbonyl (C=O) groups is 3. The molecule has 1 aliphatic heterocycles. The van der Waals surface area contributed by atoms with Crippen LogP contribution in [0.15, 0.2) is 30.3 Å². The summed E-state index contributed by atoms with van der Waals surface area (Å²) in [6.45, 7) is 10.8. The van der Waals surface area contributed by atoms with Crippen LogP contribution in [0.4, 0.5) is 0 Å². The minimum atomic E-state index is -0.912. The molecular formula is C26H34O7. The molecule has 33 heavy (non-hydrogen) atoms. The van der Waals surface area contributed by atoms with E-state index < -0.39 is 52.8 Å². The predicted molar refractivity (Wildman–Crippen MR) is 119 cm³/mol. The first kappa shape index (κ1) is 23.7. The second kappa shape index (κ2) is 8.12. The molecule has 3 fully saturated rings. The van der Waals surface area contributed by atoms with Gasteiger partial charge in [-0.25, -0.2) is 4.79 Å². The minimum Gasteiger partial charge on any atom is -0.462 e. The standard InChI is InChI=1S/C26H34O7/c1-15-12-13-20(30-16(2)27)25(6)22(32-23(29)18-10-8-7-9-11-18)21(31-17(3)28)19-14-26(15,25)33-24(19,4)5/h7-11,15,19-22H,12-14H2,1-6H3. The summed E-state index contributed by atoms with van der Waals surface area (Å²) in [5.74, 6) is -1.40. The highest BCUT2D eigenvalue weighted by Crippen LogP contribution is 2.67. The molecule has 7 nitrogen and oxygen atoms in total. The Morgan fingerprint density at radius 1 is 0.939 bits per heavy atom. The Labute approximate surface area is 195 Å². The molecule has 0 N–H and O–H groups in total. The first-order chi connectivity index (χ1) is 15.4. The molecule has 1 aromatic rings. The summed E-state index contributed by atoms with van der Waals surface area (Å²) in [4.78, 5) is 37.5. The van der Waals surface area contributed by atoms with Crippen molar-refractivity contribution in [3.63, 3.8) is 0 Å². The van der Waals surface area contributed by atoms with E-state index in [0.717, 1.165) is 6.42 Å². The van der Waals surface area contributed by atoms with Crippen LogP contribution in [0.25, 0.3) is 0 Å². The van der Waals surface area contributed by atoms with Gasteiger partial charge >= 0.3 is 17.9 Å². The predicted octanol–water partition coefficient (Wildman–Crippen LogP) is 4.08. The lowest BCUT2D eigenvalue weighted by Crippen LogP contribution is -2.71. The highest BCUT2D eigenvalue weighted by Gasteiger charge is 2.77. The van der Waals surface area contributed by atoms with Gasteiger partial charge < -0.3 is 18.9 Å². The number of hydrogen-bond donors (Lipinski definition) is 0. The summed E-state index contributed by atoms with van der Waals surface area (Å²) >= 11 is 0. The lowest BCUT2D eigenvalue weighted by molar-refractivity contribution is -0.270. The zero-order valence-corrected chi connectivity index (χ0v) is 20.3. The van der Waals surface area contributed by atoms with E-state index in [-0.39, 0.29) is 11.8 Å². The third-order valence-electron chi connectivity index (χ3n) is 8.24. The fraction of sp³-hybridized carbons (Fsp3) is 0.654. The largest absolute Gasteiger partial charge is 0.462 e. The molecule has 4 rings (SSSR count). The monoisotopic (exact) mass is 458 g/mol. The van der Waals surface area contributed by atoms with Crippen molar-refractivity contribution >= 4 is 17.9 Å². The molecule has 0 aromatic heterocycles. The van der Waals surface area contributed by atoms with Gasteiger partial charge in [-0.3, -0.25) is 9.59 Å². The van der Waals surface area contributed by atoms with Crippen LogP contribution in [0.2, 0.25) is 0 Å². The van der Waals surface area contributed by atoms with Crippen molar-refractivity contribution in [3.8, 4) is 0 Å². The van der Waals surface area contributed by atoms with Crippen molar-refractivity contribution in [2.75, 3.05) is 0 Å². The summed E-state index contributed by atoms with van der Waals surface area (Å²) < 4.78 is 24.8. The molecule has 2 bridgehead atoms. The van der Waals surface area contributed by atoms with Crippen molar-refractivity contribution in [2.24, 2.45) is 17.3 Å². The van der Waals surface area contributed by atoms with Crippen molar-refractivity contribution in [1.82, 2.24) is 0 Å². The van der Waals surface area contributed by atoms with E-state index in [2.05, 4.69) is 6.92 Å². The highest BCUT2D eigenvalue weighted by atomic mass is 16.6. The lowest BCUT2D eigenvalue weighted by Gasteiger charge is -2.61. The van der Waals surface area contributed by atoms with E-state index in [9.17, 15) is 14.4 Å². The van der Waals surface area contributed by atoms with Crippen molar-refractivity contribution in [3.05, 3.63) is 35.9 Å². The topological polar surface area (TPSA) is 88.1 Å². The fourth-order valence-corrected chi connectivity index (χ4v) is 6.68. The number of ether oxygens (including phenoxy) is 4. The Morgan fingerprint density at radius 3 is 2.18 bits per heavy atom. The molecule has 2 saturated carbocycles. The maximum Gasteiger partial charge on any atom is 0.338 e. The Hall–Kier alpha value is -2.41. The number of esters is 3. The Morgan fingerprint density at radius 2 is 1.58 bits per heavy atom. The molecular weight excluding hydrogens is 424 g/mol. The number of benzene rings is 1. The van der Waals surface area contributed by atoms with Crippen molar-refractivity contribution in [1.29, 1.82) is 0 Å². The first-order valence-electron chi connectivity index (χ1n) is 11.7. The summed E-state index contributed by atoms with van der Waals surface area (Å²) in [5.41, 5.74) is -1.83. The average molecular weight is 459 g/mol. The molecule has 1 spiro atoms. The summed E-state index contributed by atoms with van der Waals surface area (Å²) in [5, 5.41) is 0. The van der Waals surface area contributed by atoms with Crippen LogP contribution in [0.3, 0.4) is 0 Å². The zero-order chi connectivity index (χ0) is 24.2. The van der Waals surface area contributed by atoms with Gasteiger partial charge in [-0.1, -0.05) is 25.1 Å². The third-order valence-corrected chi connectivity index (χ3v) is 8.24. The molecule has 7 heteroatoms. The molecule has 3 aliphatic rings. The Balaban J connectivity index is 1.86. The van der Waals surface area contributed by atoms with E-state index in [1.54, 1.807) is 24.3 Å². The second-order valence-corrected chi connectivity index (χ2v) is 10.5. The van der Waals surface area contributed by atoms with Crippen LogP contribution in [0.5, 0.6) is 0 Å². The maximum absolute atomic E-state index is 13.3. The summed E-state index contributed by atoms with van der Waals surface area (Å²) in [6, 6.07) is 8.73. The van der Waals surface area contributed by atoms with E-state index in [0.29, 0.717) is 18.4 Å². The Kier molecular flexibility index (Phi) is 5.84. The van der Waals surface area contributed by atoms with Crippen LogP contribution in [0, 0.1) is 17.3 Å². The molecule has 7 unspecified atom stereocenters. The summed E-state index contributed by atoms with van der Waals surface area (Å²) in [7, 11) is 0. The van der Waals surface area contributed by atoms with Gasteiger partial charge in [0, 0.05) is 19.8 Å². The maximum atomic E-state index is 13.3. The fourth-order valence-electron chi connectivity index (χ4n) is 6.68. The molecule has 2 aliphatic carbocycles. The number of carbonyl (C=O) groups excluding carboxylic acids is 3. The van der Waals surface area contributed by atoms with Gasteiger partial charge in [-0.2, -0.15) is 0 Å². The quantitative estimate of drug-likeness (QED) is 0.496. The smallest absolute Gasteiger partial charge is 0.338 e. The van der Waals surface area contributed by atoms with Gasteiger partial charge in [0.1, 0.15) is 12.2 Å². The van der Waals surface area contributed by atoms with Crippen LogP contribution in [-0.4, -0.2) is 47.4 Å². The molecule has 0 amide bonds. The van der Waals surface area contributed by atoms with Gasteiger partial charge in [-0.15, -0.1) is 0 Å². The van der Waals surface area contributed by atoms with Gasteiger partial charge in [-0.05, 0) is 58.1 Å². The van der Waals surface area contributed by atoms with Gasteiger partial charge in [0.15, 0.2) is 6.10 Å². The second-order valence-electron chi connectivity index (χ2n) is 10.5. The minimum absolute atomic E-state index is 0.134. The molecule has 1 aromatic carbocycles. The molecule has 1 saturated heterocycles. The van der Waals surface area contributed by atoms with Crippen LogP contribution >= 0.6 is 0 Å². The lowest BCUT2D eigenvalue weighted by atomic mass is 9.49. The number of rotatable bonds is 4. The van der Waals surface area contributed by atoms with Crippen LogP contribution in [0.1, 0.15) is 71.2 Å². The normalized spacial score (nSPS) is 38.7. The van der Waals surface area contributed by atoms with Gasteiger partial charge in [0.25, 0.3) is 0 Å². The van der Waals surface area contributed by atoms with E-state index in [1.165, 1.54) is 13.8 Å². The SMILES string of the molecule is CC(=O)OC1C2CC3(OC2(C)C)C(C)CCC(OC(C)=O)C3(C)C1OC(=O)c1ccccc1. The van der Waals surface area contributed by atoms with E-state index >= 15 is 0 Å². The first-order valence-corrected chi connectivity index (χ1v) is 11.7. The van der Waals surface area contributed by atoms with Crippen molar-refractivity contribution in [2.45, 2.75) is 90.3 Å².